The van der Waals surface area contributed by atoms with E-state index >= 15 is 0 Å². The molecule has 2 unspecified atom stereocenters. The standard InChI is InChI=1S/C14H19NO2S2/c16-19(17)9-7-13(12-5-1-2-6-14(12)19)15-11-4-3-8-18-10-11/h1-2,5-6,11,13,15H,3-4,7-10H2. The highest BCUT2D eigenvalue weighted by Crippen LogP contribution is 2.33. The van der Waals surface area contributed by atoms with Gasteiger partial charge in [-0.05, 0) is 36.6 Å². The maximum Gasteiger partial charge on any atom is 0.178 e. The van der Waals surface area contributed by atoms with Crippen LogP contribution in [0.2, 0.25) is 0 Å². The van der Waals surface area contributed by atoms with Crippen LogP contribution in [0.1, 0.15) is 30.9 Å². The molecule has 1 saturated heterocycles. The Labute approximate surface area is 119 Å². The van der Waals surface area contributed by atoms with Crippen LogP contribution in [-0.4, -0.2) is 31.7 Å². The molecule has 0 radical (unpaired) electrons. The van der Waals surface area contributed by atoms with Gasteiger partial charge in [0, 0.05) is 17.8 Å². The molecule has 1 aromatic rings. The third-order valence-corrected chi connectivity index (χ3v) is 6.93. The summed E-state index contributed by atoms with van der Waals surface area (Å²) in [5, 5.41) is 3.67. The summed E-state index contributed by atoms with van der Waals surface area (Å²) in [6.07, 6.45) is 3.16. The molecule has 19 heavy (non-hydrogen) atoms. The van der Waals surface area contributed by atoms with Gasteiger partial charge in [-0.1, -0.05) is 18.2 Å². The van der Waals surface area contributed by atoms with E-state index in [-0.39, 0.29) is 11.8 Å². The Morgan fingerprint density at radius 3 is 2.84 bits per heavy atom. The van der Waals surface area contributed by atoms with E-state index < -0.39 is 9.84 Å². The maximum absolute atomic E-state index is 12.1. The summed E-state index contributed by atoms with van der Waals surface area (Å²) in [4.78, 5) is 0.530. The molecule has 3 rings (SSSR count). The highest BCUT2D eigenvalue weighted by molar-refractivity contribution is 7.99. The molecule has 0 saturated carbocycles. The average Bonchev–Trinajstić information content (AvgIpc) is 2.44. The van der Waals surface area contributed by atoms with Crippen LogP contribution in [0.4, 0.5) is 0 Å². The Balaban J connectivity index is 1.84. The minimum Gasteiger partial charge on any atom is -0.306 e. The van der Waals surface area contributed by atoms with Crippen LogP contribution in [0, 0.1) is 0 Å². The van der Waals surface area contributed by atoms with Crippen molar-refractivity contribution in [3.63, 3.8) is 0 Å². The van der Waals surface area contributed by atoms with Crippen LogP contribution >= 0.6 is 11.8 Å². The van der Waals surface area contributed by atoms with E-state index in [1.165, 1.54) is 18.6 Å². The van der Waals surface area contributed by atoms with Gasteiger partial charge in [-0.25, -0.2) is 8.42 Å². The number of sulfone groups is 1. The van der Waals surface area contributed by atoms with Gasteiger partial charge in [-0.2, -0.15) is 11.8 Å². The Kier molecular flexibility index (Phi) is 3.87. The molecule has 2 atom stereocenters. The van der Waals surface area contributed by atoms with E-state index in [1.807, 2.05) is 30.0 Å². The van der Waals surface area contributed by atoms with Gasteiger partial charge < -0.3 is 5.32 Å². The second-order valence-electron chi connectivity index (χ2n) is 5.28. The molecule has 1 fully saturated rings. The van der Waals surface area contributed by atoms with Gasteiger partial charge in [-0.3, -0.25) is 0 Å². The van der Waals surface area contributed by atoms with Crippen molar-refractivity contribution in [3.8, 4) is 0 Å². The molecule has 1 aromatic carbocycles. The van der Waals surface area contributed by atoms with Gasteiger partial charge in [0.15, 0.2) is 9.84 Å². The van der Waals surface area contributed by atoms with Crippen LogP contribution in [-0.2, 0) is 9.84 Å². The topological polar surface area (TPSA) is 46.2 Å². The largest absolute Gasteiger partial charge is 0.306 e. The quantitative estimate of drug-likeness (QED) is 0.910. The summed E-state index contributed by atoms with van der Waals surface area (Å²) in [6, 6.07) is 8.17. The summed E-state index contributed by atoms with van der Waals surface area (Å²) >= 11 is 1.99. The van der Waals surface area contributed by atoms with Crippen molar-refractivity contribution in [2.24, 2.45) is 0 Å². The van der Waals surface area contributed by atoms with Crippen molar-refractivity contribution in [2.75, 3.05) is 17.3 Å². The van der Waals surface area contributed by atoms with Crippen molar-refractivity contribution >= 4 is 21.6 Å². The van der Waals surface area contributed by atoms with Crippen LogP contribution in [0.25, 0.3) is 0 Å². The third kappa shape index (κ3) is 2.83. The van der Waals surface area contributed by atoms with Crippen molar-refractivity contribution in [2.45, 2.75) is 36.2 Å². The van der Waals surface area contributed by atoms with Crippen molar-refractivity contribution in [3.05, 3.63) is 29.8 Å². The predicted octanol–water partition coefficient (Wildman–Crippen LogP) is 2.39. The number of fused-ring (bicyclic) bond motifs is 1. The third-order valence-electron chi connectivity index (χ3n) is 3.90. The molecule has 2 heterocycles. The monoisotopic (exact) mass is 297 g/mol. The first kappa shape index (κ1) is 13.5. The van der Waals surface area contributed by atoms with Crippen LogP contribution in [0.15, 0.2) is 29.2 Å². The predicted molar refractivity (Wildman–Crippen MR) is 79.3 cm³/mol. The fraction of sp³-hybridized carbons (Fsp3) is 0.571. The molecular weight excluding hydrogens is 278 g/mol. The van der Waals surface area contributed by atoms with E-state index in [1.54, 1.807) is 6.07 Å². The summed E-state index contributed by atoms with van der Waals surface area (Å²) in [5.41, 5.74) is 0.962. The van der Waals surface area contributed by atoms with Crippen molar-refractivity contribution < 1.29 is 8.42 Å². The zero-order valence-corrected chi connectivity index (χ0v) is 12.5. The molecule has 1 N–H and O–H groups in total. The number of thioether (sulfide) groups is 1. The highest BCUT2D eigenvalue weighted by atomic mass is 32.2. The van der Waals surface area contributed by atoms with Crippen LogP contribution in [0.3, 0.4) is 0 Å². The fourth-order valence-electron chi connectivity index (χ4n) is 2.92. The molecule has 0 aromatic heterocycles. The molecule has 0 bridgehead atoms. The highest BCUT2D eigenvalue weighted by Gasteiger charge is 2.31. The molecule has 0 spiro atoms. The van der Waals surface area contributed by atoms with Gasteiger partial charge in [0.2, 0.25) is 0 Å². The second-order valence-corrected chi connectivity index (χ2v) is 8.51. The average molecular weight is 297 g/mol. The van der Waals surface area contributed by atoms with E-state index in [2.05, 4.69) is 5.32 Å². The van der Waals surface area contributed by atoms with Crippen molar-refractivity contribution in [1.29, 1.82) is 0 Å². The van der Waals surface area contributed by atoms with Crippen LogP contribution < -0.4 is 5.32 Å². The number of nitrogens with one attached hydrogen (secondary N) is 1. The second kappa shape index (κ2) is 5.46. The lowest BCUT2D eigenvalue weighted by molar-refractivity contribution is 0.414. The molecule has 0 amide bonds. The Hall–Kier alpha value is -0.520. The minimum atomic E-state index is -3.06. The molecule has 2 aliphatic heterocycles. The number of hydrogen-bond donors (Lipinski definition) is 1. The Morgan fingerprint density at radius 2 is 2.05 bits per heavy atom. The summed E-state index contributed by atoms with van der Waals surface area (Å²) in [6.45, 7) is 0. The summed E-state index contributed by atoms with van der Waals surface area (Å²) < 4.78 is 24.2. The van der Waals surface area contributed by atoms with E-state index in [4.69, 9.17) is 0 Å². The lowest BCUT2D eigenvalue weighted by atomic mass is 10.0. The van der Waals surface area contributed by atoms with Crippen LogP contribution in [0.5, 0.6) is 0 Å². The first-order valence-electron chi connectivity index (χ1n) is 6.82. The SMILES string of the molecule is O=S1(=O)CCC(NC2CCCSC2)c2ccccc21. The number of hydrogen-bond acceptors (Lipinski definition) is 4. The summed E-state index contributed by atoms with van der Waals surface area (Å²) in [7, 11) is -3.06. The van der Waals surface area contributed by atoms with Gasteiger partial charge in [0.1, 0.15) is 0 Å². The van der Waals surface area contributed by atoms with Gasteiger partial charge in [0.25, 0.3) is 0 Å². The lowest BCUT2D eigenvalue weighted by Crippen LogP contribution is -2.39. The summed E-state index contributed by atoms with van der Waals surface area (Å²) in [5.74, 6) is 2.67. The number of rotatable bonds is 2. The van der Waals surface area contributed by atoms with Crippen molar-refractivity contribution in [1.82, 2.24) is 5.32 Å². The molecule has 5 heteroatoms. The molecule has 2 aliphatic rings. The van der Waals surface area contributed by atoms with Gasteiger partial charge in [0.05, 0.1) is 10.6 Å². The maximum atomic E-state index is 12.1. The number of benzene rings is 1. The fourth-order valence-corrected chi connectivity index (χ4v) is 5.63. The van der Waals surface area contributed by atoms with E-state index in [9.17, 15) is 8.42 Å². The van der Waals surface area contributed by atoms with E-state index in [0.29, 0.717) is 17.4 Å². The Bertz CT molecular complexity index is 550. The Morgan fingerprint density at radius 1 is 1.21 bits per heavy atom. The normalized spacial score (nSPS) is 29.7. The molecule has 104 valence electrons. The van der Waals surface area contributed by atoms with E-state index in [0.717, 1.165) is 11.3 Å². The molecule has 3 nitrogen and oxygen atoms in total. The molecular formula is C14H19NO2S2. The van der Waals surface area contributed by atoms with Gasteiger partial charge >= 0.3 is 0 Å². The first-order valence-corrected chi connectivity index (χ1v) is 9.63. The lowest BCUT2D eigenvalue weighted by Gasteiger charge is -2.32. The zero-order valence-electron chi connectivity index (χ0n) is 10.8. The first-order chi connectivity index (χ1) is 9.17. The smallest absolute Gasteiger partial charge is 0.178 e. The zero-order chi connectivity index (χ0) is 13.3. The van der Waals surface area contributed by atoms with Gasteiger partial charge in [-0.15, -0.1) is 0 Å². The minimum absolute atomic E-state index is 0.198. The molecule has 0 aliphatic carbocycles.